The number of carbonyl (C=O) groups excluding carboxylic acids is 1. The third-order valence-corrected chi connectivity index (χ3v) is 4.48. The van der Waals surface area contributed by atoms with Crippen molar-refractivity contribution in [2.24, 2.45) is 13.0 Å². The molecular weight excluding hydrogens is 353 g/mol. The number of piperidine rings is 1. The highest BCUT2D eigenvalue weighted by Crippen LogP contribution is 2.35. The Morgan fingerprint density at radius 3 is 2.68 bits per heavy atom. The summed E-state index contributed by atoms with van der Waals surface area (Å²) >= 11 is 0. The van der Waals surface area contributed by atoms with Gasteiger partial charge in [-0.05, 0) is 31.6 Å². The van der Waals surface area contributed by atoms with Crippen molar-refractivity contribution in [2.45, 2.75) is 44.6 Å². The fourth-order valence-corrected chi connectivity index (χ4v) is 3.57. The number of amides is 1. The third kappa shape index (κ3) is 2.95. The first kappa shape index (κ1) is 14.8. The summed E-state index contributed by atoms with van der Waals surface area (Å²) in [5, 5.41) is 0. The Morgan fingerprint density at radius 2 is 1.95 bits per heavy atom. The molecule has 3 rings (SSSR count). The fraction of sp³-hybridized carbons (Fsp3) is 0.714. The molecule has 0 radical (unpaired) electrons. The Kier molecular flexibility index (Phi) is 4.86. The van der Waals surface area contributed by atoms with E-state index < -0.39 is 0 Å². The summed E-state index contributed by atoms with van der Waals surface area (Å²) in [6, 6.07) is 0.653. The van der Waals surface area contributed by atoms with E-state index in [1.54, 1.807) is 4.57 Å². The molecule has 1 saturated carbocycles. The number of fused-ring (bicyclic) bond motifs is 1. The van der Waals surface area contributed by atoms with Crippen molar-refractivity contribution in [3.63, 3.8) is 0 Å². The highest BCUT2D eigenvalue weighted by atomic mass is 127. The van der Waals surface area contributed by atoms with Gasteiger partial charge in [0.15, 0.2) is 0 Å². The molecule has 0 N–H and O–H groups in total. The summed E-state index contributed by atoms with van der Waals surface area (Å²) in [7, 11) is 1.95. The summed E-state index contributed by atoms with van der Waals surface area (Å²) < 4.78 is 3.64. The lowest BCUT2D eigenvalue weighted by Gasteiger charge is -2.42. The summed E-state index contributed by atoms with van der Waals surface area (Å²) in [6.45, 7) is 0.932. The average molecular weight is 375 g/mol. The van der Waals surface area contributed by atoms with Crippen molar-refractivity contribution in [1.29, 1.82) is 0 Å². The number of rotatable bonds is 0. The zero-order chi connectivity index (χ0) is 12.5. The van der Waals surface area contributed by atoms with Crippen LogP contribution in [0, 0.1) is 5.92 Å². The van der Waals surface area contributed by atoms with E-state index in [0.29, 0.717) is 6.04 Å². The second-order valence-electron chi connectivity index (χ2n) is 5.72. The predicted molar refractivity (Wildman–Crippen MR) is 68.1 cm³/mol. The van der Waals surface area contributed by atoms with E-state index in [1.165, 1.54) is 38.5 Å². The van der Waals surface area contributed by atoms with E-state index in [9.17, 15) is 4.79 Å². The molecule has 19 heavy (non-hydrogen) atoms. The van der Waals surface area contributed by atoms with Crippen LogP contribution in [0.5, 0.6) is 0 Å². The summed E-state index contributed by atoms with van der Waals surface area (Å²) in [6.07, 6.45) is 13.3. The van der Waals surface area contributed by atoms with Gasteiger partial charge in [-0.2, -0.15) is 4.57 Å². The number of halogens is 1. The van der Waals surface area contributed by atoms with Gasteiger partial charge in [-0.1, -0.05) is 12.8 Å². The lowest BCUT2D eigenvalue weighted by atomic mass is 9.78. The largest absolute Gasteiger partial charge is 1.00 e. The molecule has 2 aliphatic rings. The SMILES string of the molecule is C[n+]1ccn(C(=O)N2CCCC3CCCCC32)c1.[I-]. The van der Waals surface area contributed by atoms with Crippen LogP contribution in [0.3, 0.4) is 0 Å². The number of hydrogen-bond donors (Lipinski definition) is 0. The van der Waals surface area contributed by atoms with Gasteiger partial charge in [-0.3, -0.25) is 0 Å². The Hall–Kier alpha value is -0.590. The van der Waals surface area contributed by atoms with Gasteiger partial charge in [0.05, 0.1) is 7.05 Å². The molecule has 2 unspecified atom stereocenters. The molecule has 2 heterocycles. The summed E-state index contributed by atoms with van der Waals surface area (Å²) in [5.41, 5.74) is 0. The van der Waals surface area contributed by atoms with Gasteiger partial charge in [-0.25, -0.2) is 9.36 Å². The number of imidazole rings is 1. The summed E-state index contributed by atoms with van der Waals surface area (Å²) in [4.78, 5) is 14.7. The Morgan fingerprint density at radius 1 is 1.21 bits per heavy atom. The predicted octanol–water partition coefficient (Wildman–Crippen LogP) is -1.06. The van der Waals surface area contributed by atoms with Crippen LogP contribution in [-0.2, 0) is 7.05 Å². The number of nitrogens with zero attached hydrogens (tertiary/aromatic N) is 3. The van der Waals surface area contributed by atoms with Crippen LogP contribution in [0.25, 0.3) is 0 Å². The van der Waals surface area contributed by atoms with Gasteiger partial charge in [0.2, 0.25) is 0 Å². The van der Waals surface area contributed by atoms with Crippen molar-refractivity contribution in [2.75, 3.05) is 6.54 Å². The van der Waals surface area contributed by atoms with Crippen LogP contribution in [0.1, 0.15) is 38.5 Å². The summed E-state index contributed by atoms with van der Waals surface area (Å²) in [5.74, 6) is 0.751. The van der Waals surface area contributed by atoms with Crippen LogP contribution >= 0.6 is 0 Å². The van der Waals surface area contributed by atoms with E-state index in [1.807, 2.05) is 30.3 Å². The minimum atomic E-state index is 0. The van der Waals surface area contributed by atoms with Gasteiger partial charge in [0.1, 0.15) is 12.4 Å². The lowest BCUT2D eigenvalue weighted by molar-refractivity contribution is -0.670. The highest BCUT2D eigenvalue weighted by Gasteiger charge is 2.37. The molecule has 1 aromatic rings. The molecule has 106 valence electrons. The standard InChI is InChI=1S/C14H22N3O.HI/c1-15-9-10-16(11-15)14(18)17-8-4-6-12-5-2-3-7-13(12)17;/h9-13H,2-8H2,1H3;1H/q+1;/p-1. The molecule has 0 spiro atoms. The average Bonchev–Trinajstić information content (AvgIpc) is 2.84. The molecule has 1 aliphatic heterocycles. The minimum Gasteiger partial charge on any atom is -1.00 e. The molecule has 2 fully saturated rings. The van der Waals surface area contributed by atoms with Gasteiger partial charge < -0.3 is 28.9 Å². The molecular formula is C14H22IN3O. The maximum atomic E-state index is 12.5. The Labute approximate surface area is 131 Å². The number of hydrogen-bond acceptors (Lipinski definition) is 1. The second kappa shape index (κ2) is 6.24. The minimum absolute atomic E-state index is 0. The fourth-order valence-electron chi connectivity index (χ4n) is 3.57. The molecule has 0 aromatic carbocycles. The van der Waals surface area contributed by atoms with Gasteiger partial charge in [0.25, 0.3) is 6.33 Å². The van der Waals surface area contributed by atoms with Crippen LogP contribution in [0.2, 0.25) is 0 Å². The topological polar surface area (TPSA) is 29.1 Å². The van der Waals surface area contributed by atoms with Crippen LogP contribution < -0.4 is 28.5 Å². The van der Waals surface area contributed by atoms with Crippen molar-refractivity contribution in [3.8, 4) is 0 Å². The third-order valence-electron chi connectivity index (χ3n) is 4.48. The van der Waals surface area contributed by atoms with Gasteiger partial charge in [0, 0.05) is 12.6 Å². The molecule has 4 nitrogen and oxygen atoms in total. The van der Waals surface area contributed by atoms with Gasteiger partial charge in [-0.15, -0.1) is 0 Å². The van der Waals surface area contributed by atoms with Crippen LogP contribution in [0.15, 0.2) is 18.7 Å². The maximum Gasteiger partial charge on any atom is 0.416 e. The number of aryl methyl sites for hydroxylation is 1. The lowest BCUT2D eigenvalue weighted by Crippen LogP contribution is -3.00. The number of carbonyl (C=O) groups is 1. The van der Waals surface area contributed by atoms with E-state index in [0.717, 1.165) is 12.5 Å². The van der Waals surface area contributed by atoms with Crippen LogP contribution in [-0.4, -0.2) is 28.1 Å². The quantitative estimate of drug-likeness (QED) is 0.420. The molecule has 1 aliphatic carbocycles. The molecule has 1 amide bonds. The van der Waals surface area contributed by atoms with E-state index in [4.69, 9.17) is 0 Å². The number of aromatic nitrogens is 2. The second-order valence-corrected chi connectivity index (χ2v) is 5.72. The normalized spacial score (nSPS) is 26.5. The van der Waals surface area contributed by atoms with Crippen molar-refractivity contribution >= 4 is 6.03 Å². The monoisotopic (exact) mass is 375 g/mol. The first-order valence-corrected chi connectivity index (χ1v) is 7.10. The van der Waals surface area contributed by atoms with Crippen molar-refractivity contribution < 1.29 is 33.3 Å². The molecule has 2 atom stereocenters. The Bertz CT molecular complexity index is 444. The Balaban J connectivity index is 0.00000133. The van der Waals surface area contributed by atoms with E-state index in [2.05, 4.69) is 4.90 Å². The molecule has 5 heteroatoms. The van der Waals surface area contributed by atoms with Crippen molar-refractivity contribution in [3.05, 3.63) is 18.7 Å². The number of likely N-dealkylation sites (tertiary alicyclic amines) is 1. The zero-order valence-corrected chi connectivity index (χ0v) is 13.6. The zero-order valence-electron chi connectivity index (χ0n) is 11.5. The highest BCUT2D eigenvalue weighted by molar-refractivity contribution is 5.77. The first-order chi connectivity index (χ1) is 8.75. The van der Waals surface area contributed by atoms with Crippen LogP contribution in [0.4, 0.5) is 4.79 Å². The maximum absolute atomic E-state index is 12.5. The smallest absolute Gasteiger partial charge is 0.416 e. The molecule has 1 saturated heterocycles. The molecule has 1 aromatic heterocycles. The van der Waals surface area contributed by atoms with E-state index in [-0.39, 0.29) is 30.0 Å². The first-order valence-electron chi connectivity index (χ1n) is 7.10. The van der Waals surface area contributed by atoms with Crippen molar-refractivity contribution in [1.82, 2.24) is 9.47 Å². The van der Waals surface area contributed by atoms with E-state index >= 15 is 0 Å². The van der Waals surface area contributed by atoms with Gasteiger partial charge >= 0.3 is 6.03 Å². The molecule has 0 bridgehead atoms.